The Kier molecular flexibility index (Phi) is 5.39. The lowest BCUT2D eigenvalue weighted by atomic mass is 9.96. The van der Waals surface area contributed by atoms with Crippen molar-refractivity contribution in [3.63, 3.8) is 0 Å². The van der Waals surface area contributed by atoms with Crippen LogP contribution in [0.3, 0.4) is 0 Å². The van der Waals surface area contributed by atoms with Crippen molar-refractivity contribution >= 4 is 0 Å². The Labute approximate surface area is 175 Å². The smallest absolute Gasteiger partial charge is 0.180 e. The third-order valence-corrected chi connectivity index (χ3v) is 4.85. The van der Waals surface area contributed by atoms with Crippen LogP contribution in [-0.2, 0) is 18.4 Å². The predicted octanol–water partition coefficient (Wildman–Crippen LogP) is 3.82. The molecule has 0 unspecified atom stereocenters. The van der Waals surface area contributed by atoms with E-state index in [1.165, 1.54) is 0 Å². The summed E-state index contributed by atoms with van der Waals surface area (Å²) in [5, 5.41) is 19.0. The Balaban J connectivity index is 1.61. The van der Waals surface area contributed by atoms with Gasteiger partial charge in [0.15, 0.2) is 11.6 Å². The molecule has 0 atom stereocenters. The lowest BCUT2D eigenvalue weighted by molar-refractivity contribution is 0.518. The normalized spacial score (nSPS) is 11.7. The highest BCUT2D eigenvalue weighted by atomic mass is 15.5. The van der Waals surface area contributed by atoms with Crippen molar-refractivity contribution in [2.45, 2.75) is 52.5 Å². The fourth-order valence-corrected chi connectivity index (χ4v) is 3.27. The molecule has 30 heavy (non-hydrogen) atoms. The molecule has 0 aliphatic heterocycles. The van der Waals surface area contributed by atoms with Gasteiger partial charge in [-0.2, -0.15) is 5.10 Å². The van der Waals surface area contributed by atoms with Crippen LogP contribution in [0.4, 0.5) is 0 Å². The molecule has 0 fully saturated rings. The van der Waals surface area contributed by atoms with E-state index in [9.17, 15) is 0 Å². The zero-order chi connectivity index (χ0) is 21.1. The highest BCUT2D eigenvalue weighted by Gasteiger charge is 2.22. The summed E-state index contributed by atoms with van der Waals surface area (Å²) >= 11 is 0. The maximum Gasteiger partial charge on any atom is 0.180 e. The van der Waals surface area contributed by atoms with Gasteiger partial charge in [-0.25, -0.2) is 14.8 Å². The Bertz CT molecular complexity index is 1110. The molecule has 0 amide bonds. The van der Waals surface area contributed by atoms with Crippen molar-refractivity contribution in [3.05, 3.63) is 59.8 Å². The van der Waals surface area contributed by atoms with E-state index in [1.54, 1.807) is 0 Å². The van der Waals surface area contributed by atoms with Crippen LogP contribution in [-0.4, -0.2) is 40.4 Å². The van der Waals surface area contributed by atoms with Gasteiger partial charge in [0.25, 0.3) is 0 Å². The van der Waals surface area contributed by atoms with E-state index in [4.69, 9.17) is 15.1 Å². The molecule has 3 heterocycles. The molecular formula is C22H26N8. The summed E-state index contributed by atoms with van der Waals surface area (Å²) in [4.78, 5) is 9.53. The molecule has 8 nitrogen and oxygen atoms in total. The standard InChI is InChI=1S/C22H26N8/c1-5-12-30-19(24-21(27-30)22(2,3)4)13-15-10-11-18(23-14-15)16-8-6-7-9-17(16)20-25-28-29-26-20/h6-11,14H,5,12-13H2,1-4H3,(H,25,26,28,29). The molecule has 0 aliphatic carbocycles. The van der Waals surface area contributed by atoms with Gasteiger partial charge in [0.2, 0.25) is 0 Å². The van der Waals surface area contributed by atoms with Crippen LogP contribution < -0.4 is 0 Å². The third kappa shape index (κ3) is 4.12. The summed E-state index contributed by atoms with van der Waals surface area (Å²) in [5.74, 6) is 2.48. The summed E-state index contributed by atoms with van der Waals surface area (Å²) in [6, 6.07) is 12.1. The molecule has 8 heteroatoms. The largest absolute Gasteiger partial charge is 0.256 e. The molecular weight excluding hydrogens is 376 g/mol. The zero-order valence-electron chi connectivity index (χ0n) is 17.8. The molecule has 0 radical (unpaired) electrons. The van der Waals surface area contributed by atoms with Crippen LogP contribution in [0.2, 0.25) is 0 Å². The van der Waals surface area contributed by atoms with Crippen molar-refractivity contribution in [1.29, 1.82) is 0 Å². The van der Waals surface area contributed by atoms with E-state index in [1.807, 2.05) is 41.2 Å². The minimum atomic E-state index is -0.0743. The Hall–Kier alpha value is -3.42. The average molecular weight is 403 g/mol. The summed E-state index contributed by atoms with van der Waals surface area (Å²) in [6.45, 7) is 9.43. The lowest BCUT2D eigenvalue weighted by Gasteiger charge is -2.12. The molecule has 4 aromatic rings. The van der Waals surface area contributed by atoms with Gasteiger partial charge in [0.1, 0.15) is 5.82 Å². The number of rotatable bonds is 6. The first-order valence-electron chi connectivity index (χ1n) is 10.2. The van der Waals surface area contributed by atoms with Crippen LogP contribution >= 0.6 is 0 Å². The van der Waals surface area contributed by atoms with Gasteiger partial charge >= 0.3 is 0 Å². The summed E-state index contributed by atoms with van der Waals surface area (Å²) < 4.78 is 2.03. The number of aromatic nitrogens is 8. The first-order chi connectivity index (χ1) is 14.5. The second kappa shape index (κ2) is 8.14. The first-order valence-corrected chi connectivity index (χ1v) is 10.2. The minimum Gasteiger partial charge on any atom is -0.256 e. The van der Waals surface area contributed by atoms with Gasteiger partial charge in [-0.3, -0.25) is 4.98 Å². The molecule has 0 spiro atoms. The lowest BCUT2D eigenvalue weighted by Crippen LogP contribution is -2.14. The molecule has 3 aromatic heterocycles. The minimum absolute atomic E-state index is 0.0743. The maximum absolute atomic E-state index is 4.82. The quantitative estimate of drug-likeness (QED) is 0.526. The number of tetrazole rings is 1. The number of aryl methyl sites for hydroxylation is 1. The summed E-state index contributed by atoms with van der Waals surface area (Å²) in [5.41, 5.74) is 3.79. The van der Waals surface area contributed by atoms with Crippen molar-refractivity contribution < 1.29 is 0 Å². The fourth-order valence-electron chi connectivity index (χ4n) is 3.27. The number of hydrogen-bond acceptors (Lipinski definition) is 6. The first kappa shape index (κ1) is 19.9. The molecule has 1 N–H and O–H groups in total. The van der Waals surface area contributed by atoms with Crippen LogP contribution in [0.1, 0.15) is 51.3 Å². The van der Waals surface area contributed by atoms with Crippen LogP contribution in [0.15, 0.2) is 42.6 Å². The van der Waals surface area contributed by atoms with Crippen LogP contribution in [0.5, 0.6) is 0 Å². The van der Waals surface area contributed by atoms with E-state index < -0.39 is 0 Å². The second-order valence-electron chi connectivity index (χ2n) is 8.35. The highest BCUT2D eigenvalue weighted by molar-refractivity contribution is 5.78. The van der Waals surface area contributed by atoms with E-state index in [0.717, 1.165) is 47.0 Å². The molecule has 0 aliphatic rings. The number of nitrogens with one attached hydrogen (secondary N) is 1. The number of H-pyrrole nitrogens is 1. The van der Waals surface area contributed by atoms with Crippen molar-refractivity contribution in [2.75, 3.05) is 0 Å². The predicted molar refractivity (Wildman–Crippen MR) is 115 cm³/mol. The Morgan fingerprint density at radius 3 is 2.47 bits per heavy atom. The highest BCUT2D eigenvalue weighted by Crippen LogP contribution is 2.28. The fraction of sp³-hybridized carbons (Fsp3) is 0.364. The Morgan fingerprint density at radius 2 is 1.83 bits per heavy atom. The summed E-state index contributed by atoms with van der Waals surface area (Å²) in [7, 11) is 0. The van der Waals surface area contributed by atoms with Crippen LogP contribution in [0, 0.1) is 0 Å². The number of nitrogens with zero attached hydrogens (tertiary/aromatic N) is 7. The zero-order valence-corrected chi connectivity index (χ0v) is 17.8. The molecule has 1 aromatic carbocycles. The van der Waals surface area contributed by atoms with E-state index in [2.05, 4.69) is 54.4 Å². The van der Waals surface area contributed by atoms with Crippen molar-refractivity contribution in [3.8, 4) is 22.6 Å². The average Bonchev–Trinajstić information content (AvgIpc) is 3.39. The van der Waals surface area contributed by atoms with E-state index in [0.29, 0.717) is 12.2 Å². The van der Waals surface area contributed by atoms with Gasteiger partial charge < -0.3 is 0 Å². The number of hydrogen-bond donors (Lipinski definition) is 1. The van der Waals surface area contributed by atoms with Gasteiger partial charge in [-0.15, -0.1) is 5.10 Å². The van der Waals surface area contributed by atoms with Crippen molar-refractivity contribution in [2.24, 2.45) is 0 Å². The number of pyridine rings is 1. The van der Waals surface area contributed by atoms with Gasteiger partial charge in [-0.1, -0.05) is 58.0 Å². The molecule has 0 saturated carbocycles. The van der Waals surface area contributed by atoms with Crippen LogP contribution in [0.25, 0.3) is 22.6 Å². The summed E-state index contributed by atoms with van der Waals surface area (Å²) in [6.07, 6.45) is 3.63. The van der Waals surface area contributed by atoms with E-state index >= 15 is 0 Å². The third-order valence-electron chi connectivity index (χ3n) is 4.85. The second-order valence-corrected chi connectivity index (χ2v) is 8.35. The van der Waals surface area contributed by atoms with Gasteiger partial charge in [0.05, 0.1) is 5.69 Å². The number of benzene rings is 1. The Morgan fingerprint density at radius 1 is 1.03 bits per heavy atom. The van der Waals surface area contributed by atoms with Gasteiger partial charge in [-0.05, 0) is 28.5 Å². The number of aromatic amines is 1. The SMILES string of the molecule is CCCn1nc(C(C)(C)C)nc1Cc1ccc(-c2ccccc2-c2nnn[nH]2)nc1. The monoisotopic (exact) mass is 402 g/mol. The van der Waals surface area contributed by atoms with E-state index in [-0.39, 0.29) is 5.41 Å². The molecule has 0 saturated heterocycles. The topological polar surface area (TPSA) is 98.1 Å². The van der Waals surface area contributed by atoms with Gasteiger partial charge in [0, 0.05) is 35.7 Å². The maximum atomic E-state index is 4.82. The van der Waals surface area contributed by atoms with Crippen molar-refractivity contribution in [1.82, 2.24) is 40.4 Å². The molecule has 0 bridgehead atoms. The molecule has 154 valence electrons. The molecule has 4 rings (SSSR count).